The highest BCUT2D eigenvalue weighted by molar-refractivity contribution is 6.21. The molecule has 0 bridgehead atoms. The summed E-state index contributed by atoms with van der Waals surface area (Å²) in [7, 11) is 0. The molecular weight excluding hydrogens is 254 g/mol. The lowest BCUT2D eigenvalue weighted by Crippen LogP contribution is -2.24. The normalized spacial score (nSPS) is 18.3. The number of alkyl halides is 1. The molecule has 1 aliphatic carbocycles. The summed E-state index contributed by atoms with van der Waals surface area (Å²) in [6.07, 6.45) is 1.18. The maximum atomic E-state index is 6.21. The van der Waals surface area contributed by atoms with Gasteiger partial charge in [0.25, 0.3) is 0 Å². The molecule has 0 saturated carbocycles. The second-order valence-corrected chi connectivity index (χ2v) is 5.84. The lowest BCUT2D eigenvalue weighted by atomic mass is 9.77. The summed E-state index contributed by atoms with van der Waals surface area (Å²) < 4.78 is 0. The van der Waals surface area contributed by atoms with Gasteiger partial charge in [0, 0.05) is 18.2 Å². The van der Waals surface area contributed by atoms with Crippen molar-refractivity contribution in [1.82, 2.24) is 0 Å². The third-order valence-electron chi connectivity index (χ3n) is 3.89. The average molecular weight is 272 g/mol. The van der Waals surface area contributed by atoms with E-state index in [2.05, 4.69) is 47.8 Å². The molecule has 2 unspecified atom stereocenters. The molecule has 2 aromatic carbocycles. The first-order chi connectivity index (χ1) is 9.25. The van der Waals surface area contributed by atoms with Crippen LogP contribution in [0, 0.1) is 0 Å². The van der Waals surface area contributed by atoms with Crippen molar-refractivity contribution >= 4 is 17.3 Å². The summed E-state index contributed by atoms with van der Waals surface area (Å²) in [5.74, 6) is 0.634. The number of fused-ring (bicyclic) bond motifs is 1. The highest BCUT2D eigenvalue weighted by atomic mass is 35.5. The minimum Gasteiger partial charge on any atom is -0.384 e. The van der Waals surface area contributed by atoms with Crippen molar-refractivity contribution in [3.63, 3.8) is 0 Å². The van der Waals surface area contributed by atoms with Crippen molar-refractivity contribution in [1.29, 1.82) is 0 Å². The van der Waals surface area contributed by atoms with Crippen LogP contribution in [0.4, 0.5) is 5.69 Å². The monoisotopic (exact) mass is 271 g/mol. The number of anilines is 1. The Morgan fingerprint density at radius 3 is 2.68 bits per heavy atom. The van der Waals surface area contributed by atoms with Crippen LogP contribution in [0.25, 0.3) is 0 Å². The van der Waals surface area contributed by atoms with Crippen LogP contribution in [0.3, 0.4) is 0 Å². The lowest BCUT2D eigenvalue weighted by molar-refractivity contribution is 0.635. The molecule has 0 amide bonds. The van der Waals surface area contributed by atoms with Gasteiger partial charge in [0.1, 0.15) is 0 Å². The highest BCUT2D eigenvalue weighted by Crippen LogP contribution is 2.35. The minimum absolute atomic E-state index is 0.0392. The zero-order valence-electron chi connectivity index (χ0n) is 11.1. The molecule has 1 nitrogen and oxygen atoms in total. The van der Waals surface area contributed by atoms with E-state index < -0.39 is 0 Å². The quantitative estimate of drug-likeness (QED) is 0.792. The van der Waals surface area contributed by atoms with Crippen molar-refractivity contribution in [3.8, 4) is 0 Å². The first kappa shape index (κ1) is 12.6. The standard InChI is InChI=1S/C17H18ClN/c1-12(18)15-7-4-5-9-17(15)19-11-14-10-13-6-2-3-8-16(13)14/h2-9,12,14,19H,10-11H2,1H3. The second-order valence-electron chi connectivity index (χ2n) is 5.18. The van der Waals surface area contributed by atoms with Crippen LogP contribution in [0.2, 0.25) is 0 Å². The van der Waals surface area contributed by atoms with E-state index in [1.54, 1.807) is 0 Å². The third kappa shape index (κ3) is 2.48. The van der Waals surface area contributed by atoms with E-state index in [-0.39, 0.29) is 5.38 Å². The fraction of sp³-hybridized carbons (Fsp3) is 0.294. The molecule has 0 aliphatic heterocycles. The van der Waals surface area contributed by atoms with Crippen LogP contribution >= 0.6 is 11.6 Å². The van der Waals surface area contributed by atoms with E-state index in [1.165, 1.54) is 23.1 Å². The van der Waals surface area contributed by atoms with E-state index in [9.17, 15) is 0 Å². The van der Waals surface area contributed by atoms with Gasteiger partial charge in [-0.2, -0.15) is 0 Å². The number of hydrogen-bond donors (Lipinski definition) is 1. The Hall–Kier alpha value is -1.47. The van der Waals surface area contributed by atoms with E-state index in [4.69, 9.17) is 11.6 Å². The van der Waals surface area contributed by atoms with E-state index in [0.29, 0.717) is 5.92 Å². The molecular formula is C17H18ClN. The molecule has 2 heteroatoms. The molecule has 0 fully saturated rings. The van der Waals surface area contributed by atoms with Crippen LogP contribution in [0.15, 0.2) is 48.5 Å². The molecule has 3 rings (SSSR count). The molecule has 2 aromatic rings. The molecule has 98 valence electrons. The van der Waals surface area contributed by atoms with Gasteiger partial charge in [-0.25, -0.2) is 0 Å². The maximum absolute atomic E-state index is 6.21. The van der Waals surface area contributed by atoms with Crippen LogP contribution < -0.4 is 5.32 Å². The summed E-state index contributed by atoms with van der Waals surface area (Å²) >= 11 is 6.21. The first-order valence-electron chi connectivity index (χ1n) is 6.80. The van der Waals surface area contributed by atoms with Crippen LogP contribution in [-0.2, 0) is 6.42 Å². The maximum Gasteiger partial charge on any atom is 0.0577 e. The SMILES string of the molecule is CC(Cl)c1ccccc1NCC1Cc2ccccc21. The number of rotatable bonds is 4. The molecule has 0 aromatic heterocycles. The van der Waals surface area contributed by atoms with Crippen molar-refractivity contribution in [2.24, 2.45) is 0 Å². The van der Waals surface area contributed by atoms with Gasteiger partial charge in [0.2, 0.25) is 0 Å². The van der Waals surface area contributed by atoms with Crippen LogP contribution in [0.5, 0.6) is 0 Å². The zero-order chi connectivity index (χ0) is 13.2. The molecule has 1 N–H and O–H groups in total. The van der Waals surface area contributed by atoms with Crippen LogP contribution in [0.1, 0.15) is 34.9 Å². The molecule has 19 heavy (non-hydrogen) atoms. The Morgan fingerprint density at radius 1 is 1.16 bits per heavy atom. The summed E-state index contributed by atoms with van der Waals surface area (Å²) in [6, 6.07) is 17.0. The molecule has 1 aliphatic rings. The second kappa shape index (κ2) is 5.26. The van der Waals surface area contributed by atoms with Gasteiger partial charge in [-0.1, -0.05) is 42.5 Å². The summed E-state index contributed by atoms with van der Waals surface area (Å²) in [6.45, 7) is 3.00. The van der Waals surface area contributed by atoms with Crippen LogP contribution in [-0.4, -0.2) is 6.54 Å². The largest absolute Gasteiger partial charge is 0.384 e. The predicted octanol–water partition coefficient (Wildman–Crippen LogP) is 4.74. The van der Waals surface area contributed by atoms with Gasteiger partial charge >= 0.3 is 0 Å². The number of halogens is 1. The molecule has 0 spiro atoms. The zero-order valence-corrected chi connectivity index (χ0v) is 11.8. The van der Waals surface area contributed by atoms with Crippen molar-refractivity contribution in [3.05, 3.63) is 65.2 Å². The predicted molar refractivity (Wildman–Crippen MR) is 82.1 cm³/mol. The summed E-state index contributed by atoms with van der Waals surface area (Å²) in [5, 5.41) is 3.59. The fourth-order valence-electron chi connectivity index (χ4n) is 2.78. The Kier molecular flexibility index (Phi) is 3.48. The Morgan fingerprint density at radius 2 is 1.89 bits per heavy atom. The molecule has 2 atom stereocenters. The van der Waals surface area contributed by atoms with Gasteiger partial charge in [-0.3, -0.25) is 0 Å². The number of benzene rings is 2. The van der Waals surface area contributed by atoms with E-state index >= 15 is 0 Å². The smallest absolute Gasteiger partial charge is 0.0577 e. The fourth-order valence-corrected chi connectivity index (χ4v) is 2.97. The van der Waals surface area contributed by atoms with Crippen molar-refractivity contribution < 1.29 is 0 Å². The van der Waals surface area contributed by atoms with Gasteiger partial charge < -0.3 is 5.32 Å². The van der Waals surface area contributed by atoms with Gasteiger partial charge in [-0.05, 0) is 36.1 Å². The Bertz CT molecular complexity index is 577. The third-order valence-corrected chi connectivity index (χ3v) is 4.12. The Labute approximate surface area is 119 Å². The lowest BCUT2D eigenvalue weighted by Gasteiger charge is -2.31. The number of nitrogens with one attached hydrogen (secondary N) is 1. The minimum atomic E-state index is 0.0392. The topological polar surface area (TPSA) is 12.0 Å². The van der Waals surface area contributed by atoms with Crippen molar-refractivity contribution in [2.75, 3.05) is 11.9 Å². The summed E-state index contributed by atoms with van der Waals surface area (Å²) in [4.78, 5) is 0. The Balaban J connectivity index is 1.69. The average Bonchev–Trinajstić information content (AvgIpc) is 2.40. The van der Waals surface area contributed by atoms with Gasteiger partial charge in [-0.15, -0.1) is 11.6 Å². The first-order valence-corrected chi connectivity index (χ1v) is 7.24. The highest BCUT2D eigenvalue weighted by Gasteiger charge is 2.25. The van der Waals surface area contributed by atoms with E-state index in [1.807, 2.05) is 13.0 Å². The van der Waals surface area contributed by atoms with Crippen molar-refractivity contribution in [2.45, 2.75) is 24.6 Å². The molecule has 0 radical (unpaired) electrons. The van der Waals surface area contributed by atoms with Gasteiger partial charge in [0.05, 0.1) is 5.38 Å². The van der Waals surface area contributed by atoms with Gasteiger partial charge in [0.15, 0.2) is 0 Å². The molecule has 0 saturated heterocycles. The van der Waals surface area contributed by atoms with E-state index in [0.717, 1.165) is 12.2 Å². The number of para-hydroxylation sites is 1. The molecule has 0 heterocycles. The number of hydrogen-bond acceptors (Lipinski definition) is 1. The summed E-state index contributed by atoms with van der Waals surface area (Å²) in [5.41, 5.74) is 5.32.